The lowest BCUT2D eigenvalue weighted by Gasteiger charge is -2.23. The predicted molar refractivity (Wildman–Crippen MR) is 97.5 cm³/mol. The number of nitrogens with zero attached hydrogens (tertiary/aromatic N) is 1. The molecule has 1 heterocycles. The molecule has 0 spiro atoms. The second-order valence-electron chi connectivity index (χ2n) is 7.59. The van der Waals surface area contributed by atoms with Gasteiger partial charge in [-0.05, 0) is 58.6 Å². The van der Waals surface area contributed by atoms with Gasteiger partial charge in [0.05, 0.1) is 18.4 Å². The number of imide groups is 1. The van der Waals surface area contributed by atoms with E-state index >= 15 is 0 Å². The molecule has 1 aliphatic heterocycles. The Hall–Kier alpha value is -2.10. The van der Waals surface area contributed by atoms with E-state index in [1.54, 1.807) is 0 Å². The molecule has 1 aliphatic carbocycles. The van der Waals surface area contributed by atoms with Crippen molar-refractivity contribution < 1.29 is 14.3 Å². The van der Waals surface area contributed by atoms with Crippen molar-refractivity contribution in [2.24, 2.45) is 11.8 Å². The highest BCUT2D eigenvalue weighted by Crippen LogP contribution is 2.40. The summed E-state index contributed by atoms with van der Waals surface area (Å²) in [4.78, 5) is 26.7. The Kier molecular flexibility index (Phi) is 4.72. The first kappa shape index (κ1) is 17.7. The van der Waals surface area contributed by atoms with E-state index in [4.69, 9.17) is 4.74 Å². The molecule has 0 saturated carbocycles. The van der Waals surface area contributed by atoms with Gasteiger partial charge in [0, 0.05) is 0 Å². The Balaban J connectivity index is 1.65. The van der Waals surface area contributed by atoms with Crippen LogP contribution in [0.25, 0.3) is 0 Å². The first-order valence-electron chi connectivity index (χ1n) is 9.00. The van der Waals surface area contributed by atoms with Crippen LogP contribution in [0, 0.1) is 32.6 Å². The fourth-order valence-electron chi connectivity index (χ4n) is 4.17. The minimum atomic E-state index is -0.168. The van der Waals surface area contributed by atoms with E-state index < -0.39 is 0 Å². The number of carbonyl (C=O) groups excluding carboxylic acids is 2. The predicted octanol–water partition coefficient (Wildman–Crippen LogP) is 3.72. The van der Waals surface area contributed by atoms with Gasteiger partial charge in [-0.25, -0.2) is 0 Å². The molecule has 0 radical (unpaired) electrons. The van der Waals surface area contributed by atoms with Crippen LogP contribution in [0.2, 0.25) is 0 Å². The SMILES string of the molecule is CC1=C(C)C[C@@H]2C(=O)N(CCOc3c(C)cc(C)cc3C)C(=O)[C@H]2C1. The molecule has 4 heteroatoms. The van der Waals surface area contributed by atoms with Crippen molar-refractivity contribution in [2.45, 2.75) is 47.5 Å². The van der Waals surface area contributed by atoms with E-state index in [-0.39, 0.29) is 23.7 Å². The number of rotatable bonds is 4. The smallest absolute Gasteiger partial charge is 0.233 e. The maximum atomic E-state index is 12.7. The van der Waals surface area contributed by atoms with Crippen LogP contribution in [0.1, 0.15) is 43.4 Å². The Morgan fingerprint density at radius 2 is 1.40 bits per heavy atom. The first-order chi connectivity index (χ1) is 11.8. The van der Waals surface area contributed by atoms with Crippen LogP contribution in [0.3, 0.4) is 0 Å². The molecule has 0 bridgehead atoms. The number of likely N-dealkylation sites (tertiary alicyclic amines) is 1. The summed E-state index contributed by atoms with van der Waals surface area (Å²) in [6.45, 7) is 10.9. The minimum absolute atomic E-state index is 0.0252. The van der Waals surface area contributed by atoms with E-state index in [0.29, 0.717) is 26.0 Å². The van der Waals surface area contributed by atoms with Crippen molar-refractivity contribution in [1.29, 1.82) is 0 Å². The van der Waals surface area contributed by atoms with Gasteiger partial charge >= 0.3 is 0 Å². The van der Waals surface area contributed by atoms with Gasteiger partial charge in [-0.2, -0.15) is 0 Å². The Morgan fingerprint density at radius 1 is 0.920 bits per heavy atom. The van der Waals surface area contributed by atoms with Crippen LogP contribution in [0.4, 0.5) is 0 Å². The number of ether oxygens (including phenoxy) is 1. The van der Waals surface area contributed by atoms with Crippen molar-refractivity contribution in [2.75, 3.05) is 13.2 Å². The standard InChI is InChI=1S/C21H27NO3/c1-12-8-15(4)19(16(5)9-12)25-7-6-22-20(23)17-10-13(2)14(3)11-18(17)21(22)24/h8-9,17-18H,6-7,10-11H2,1-5H3/t17-,18-/m0/s1. The van der Waals surface area contributed by atoms with E-state index in [0.717, 1.165) is 16.9 Å². The zero-order chi connectivity index (χ0) is 18.3. The van der Waals surface area contributed by atoms with Crippen LogP contribution in [-0.2, 0) is 9.59 Å². The molecule has 2 amide bonds. The lowest BCUT2D eigenvalue weighted by molar-refractivity contribution is -0.140. The summed E-state index contributed by atoms with van der Waals surface area (Å²) in [5, 5.41) is 0. The second-order valence-corrected chi connectivity index (χ2v) is 7.59. The van der Waals surface area contributed by atoms with E-state index in [2.05, 4.69) is 32.9 Å². The Bertz CT molecular complexity index is 707. The van der Waals surface area contributed by atoms with Crippen molar-refractivity contribution in [1.82, 2.24) is 4.90 Å². The number of aryl methyl sites for hydroxylation is 3. The highest BCUT2D eigenvalue weighted by molar-refractivity contribution is 6.05. The Labute approximate surface area is 149 Å². The molecule has 0 unspecified atom stereocenters. The second kappa shape index (κ2) is 6.66. The van der Waals surface area contributed by atoms with E-state index in [9.17, 15) is 9.59 Å². The zero-order valence-electron chi connectivity index (χ0n) is 15.8. The topological polar surface area (TPSA) is 46.6 Å². The summed E-state index contributed by atoms with van der Waals surface area (Å²) in [5.74, 6) is 0.471. The van der Waals surface area contributed by atoms with Crippen molar-refractivity contribution in [3.63, 3.8) is 0 Å². The average Bonchev–Trinajstić information content (AvgIpc) is 2.75. The summed E-state index contributed by atoms with van der Waals surface area (Å²) < 4.78 is 5.92. The van der Waals surface area contributed by atoms with Gasteiger partial charge in [0.25, 0.3) is 0 Å². The molecule has 1 saturated heterocycles. The normalized spacial score (nSPS) is 23.3. The van der Waals surface area contributed by atoms with Gasteiger partial charge in [0.15, 0.2) is 0 Å². The summed E-state index contributed by atoms with van der Waals surface area (Å²) in [5.41, 5.74) is 5.88. The largest absolute Gasteiger partial charge is 0.491 e. The molecule has 4 nitrogen and oxygen atoms in total. The zero-order valence-corrected chi connectivity index (χ0v) is 15.8. The monoisotopic (exact) mass is 341 g/mol. The van der Waals surface area contributed by atoms with Gasteiger partial charge in [-0.3, -0.25) is 14.5 Å². The van der Waals surface area contributed by atoms with Gasteiger partial charge < -0.3 is 4.74 Å². The van der Waals surface area contributed by atoms with Crippen molar-refractivity contribution in [3.05, 3.63) is 40.0 Å². The van der Waals surface area contributed by atoms with Crippen LogP contribution < -0.4 is 4.74 Å². The molecule has 2 aliphatic rings. The highest BCUT2D eigenvalue weighted by Gasteiger charge is 2.48. The van der Waals surface area contributed by atoms with E-state index in [1.165, 1.54) is 21.6 Å². The molecule has 1 aromatic carbocycles. The maximum absolute atomic E-state index is 12.7. The van der Waals surface area contributed by atoms with Gasteiger partial charge in [0.1, 0.15) is 12.4 Å². The summed E-state index contributed by atoms with van der Waals surface area (Å²) >= 11 is 0. The fourth-order valence-corrected chi connectivity index (χ4v) is 4.17. The molecular weight excluding hydrogens is 314 g/mol. The van der Waals surface area contributed by atoms with Crippen LogP contribution in [0.15, 0.2) is 23.3 Å². The highest BCUT2D eigenvalue weighted by atomic mass is 16.5. The molecular formula is C21H27NO3. The molecule has 1 aromatic rings. The van der Waals surface area contributed by atoms with Crippen LogP contribution >= 0.6 is 0 Å². The van der Waals surface area contributed by atoms with Gasteiger partial charge in [-0.15, -0.1) is 0 Å². The number of allylic oxidation sites excluding steroid dienone is 2. The molecule has 3 rings (SSSR count). The average molecular weight is 341 g/mol. The quantitative estimate of drug-likeness (QED) is 0.619. The van der Waals surface area contributed by atoms with Crippen LogP contribution in [0.5, 0.6) is 5.75 Å². The third-order valence-electron chi connectivity index (χ3n) is 5.60. The number of fused-ring (bicyclic) bond motifs is 1. The Morgan fingerprint density at radius 3 is 1.88 bits per heavy atom. The fraction of sp³-hybridized carbons (Fsp3) is 0.524. The molecule has 2 atom stereocenters. The minimum Gasteiger partial charge on any atom is -0.491 e. The molecule has 0 N–H and O–H groups in total. The molecule has 134 valence electrons. The molecule has 25 heavy (non-hydrogen) atoms. The van der Waals surface area contributed by atoms with Crippen molar-refractivity contribution in [3.8, 4) is 5.75 Å². The lowest BCUT2D eigenvalue weighted by atomic mass is 9.78. The molecule has 0 aromatic heterocycles. The van der Waals surface area contributed by atoms with E-state index in [1.807, 2.05) is 13.8 Å². The summed E-state index contributed by atoms with van der Waals surface area (Å²) in [6.07, 6.45) is 1.43. The first-order valence-corrected chi connectivity index (χ1v) is 9.00. The summed E-state index contributed by atoms with van der Waals surface area (Å²) in [6, 6.07) is 4.17. The van der Waals surface area contributed by atoms with Crippen LogP contribution in [-0.4, -0.2) is 29.9 Å². The number of amides is 2. The number of benzene rings is 1. The molecule has 1 fully saturated rings. The lowest BCUT2D eigenvalue weighted by Crippen LogP contribution is -2.34. The number of hydrogen-bond acceptors (Lipinski definition) is 3. The van der Waals surface area contributed by atoms with Gasteiger partial charge in [-0.1, -0.05) is 28.8 Å². The number of carbonyl (C=O) groups is 2. The van der Waals surface area contributed by atoms with Gasteiger partial charge in [0.2, 0.25) is 11.8 Å². The number of hydrogen-bond donors (Lipinski definition) is 0. The summed E-state index contributed by atoms with van der Waals surface area (Å²) in [7, 11) is 0. The third-order valence-corrected chi connectivity index (χ3v) is 5.60. The maximum Gasteiger partial charge on any atom is 0.233 e. The van der Waals surface area contributed by atoms with Crippen molar-refractivity contribution >= 4 is 11.8 Å². The third kappa shape index (κ3) is 3.22.